The average molecular weight is 384 g/mol. The summed E-state index contributed by atoms with van der Waals surface area (Å²) in [4.78, 5) is 4.48. The fraction of sp³-hybridized carbons (Fsp3) is 0.217. The van der Waals surface area contributed by atoms with Crippen LogP contribution in [-0.4, -0.2) is 28.3 Å². The second kappa shape index (κ2) is 7.47. The maximum atomic E-state index is 5.52. The molecule has 1 aliphatic rings. The van der Waals surface area contributed by atoms with Crippen LogP contribution in [0.5, 0.6) is 5.75 Å². The van der Waals surface area contributed by atoms with Gasteiger partial charge in [0.05, 0.1) is 30.2 Å². The van der Waals surface area contributed by atoms with Gasteiger partial charge in [0.25, 0.3) is 0 Å². The number of rotatable bonds is 4. The molecular weight excluding hydrogens is 362 g/mol. The van der Waals surface area contributed by atoms with Gasteiger partial charge in [0, 0.05) is 17.8 Å². The first kappa shape index (κ1) is 17.6. The first-order valence-electron chi connectivity index (χ1n) is 9.87. The number of aryl methyl sites for hydroxylation is 1. The van der Waals surface area contributed by atoms with Crippen molar-refractivity contribution in [3.8, 4) is 17.0 Å². The Kier molecular flexibility index (Phi) is 4.52. The summed E-state index contributed by atoms with van der Waals surface area (Å²) in [5.41, 5.74) is 6.20. The second-order valence-electron chi connectivity index (χ2n) is 7.14. The van der Waals surface area contributed by atoms with E-state index in [1.54, 1.807) is 7.11 Å². The van der Waals surface area contributed by atoms with Crippen molar-refractivity contribution in [2.75, 3.05) is 19.0 Å². The summed E-state index contributed by atoms with van der Waals surface area (Å²) in [6, 6.07) is 18.3. The molecule has 0 bridgehead atoms. The van der Waals surface area contributed by atoms with E-state index in [2.05, 4.69) is 28.5 Å². The third kappa shape index (κ3) is 3.38. The minimum atomic E-state index is 0.540. The Balaban J connectivity index is 1.50. The third-order valence-corrected chi connectivity index (χ3v) is 5.26. The molecule has 1 N–H and O–H groups in total. The zero-order chi connectivity index (χ0) is 19.6. The van der Waals surface area contributed by atoms with Crippen molar-refractivity contribution in [3.05, 3.63) is 66.4 Å². The van der Waals surface area contributed by atoms with Crippen molar-refractivity contribution in [1.82, 2.24) is 19.9 Å². The smallest absolute Gasteiger partial charge is 0.245 e. The van der Waals surface area contributed by atoms with Crippen LogP contribution < -0.4 is 15.4 Å². The number of methoxy groups -OCH3 is 1. The fourth-order valence-corrected chi connectivity index (χ4v) is 3.78. The van der Waals surface area contributed by atoms with E-state index in [0.717, 1.165) is 53.3 Å². The van der Waals surface area contributed by atoms with Gasteiger partial charge in [-0.3, -0.25) is 5.32 Å². The molecule has 145 valence electrons. The molecule has 0 unspecified atom stereocenters. The molecule has 5 rings (SSSR count). The van der Waals surface area contributed by atoms with E-state index >= 15 is 0 Å². The summed E-state index contributed by atoms with van der Waals surface area (Å²) in [6.07, 6.45) is 5.26. The largest absolute Gasteiger partial charge is 0.496 e. The Bertz CT molecular complexity index is 1170. The lowest BCUT2D eigenvalue weighted by atomic mass is 10.1. The maximum absolute atomic E-state index is 5.52. The number of nitrogens with one attached hydrogen (secondary N) is 1. The molecule has 0 saturated heterocycles. The highest BCUT2D eigenvalue weighted by molar-refractivity contribution is 5.72. The zero-order valence-electron chi connectivity index (χ0n) is 16.3. The molecule has 4 aromatic rings. The number of benzene rings is 2. The van der Waals surface area contributed by atoms with Crippen LogP contribution in [0.25, 0.3) is 16.8 Å². The SMILES string of the molecule is COc1ccccc1-c1ccc2cnc(Nc3ccc4c(c3)[N]CCCC4)nn12. The molecule has 1 aliphatic heterocycles. The lowest BCUT2D eigenvalue weighted by molar-refractivity contribution is 0.416. The molecule has 0 aliphatic carbocycles. The number of hydrogen-bond donors (Lipinski definition) is 1. The van der Waals surface area contributed by atoms with E-state index < -0.39 is 0 Å². The summed E-state index contributed by atoms with van der Waals surface area (Å²) in [6.45, 7) is 0.893. The predicted octanol–water partition coefficient (Wildman–Crippen LogP) is 4.72. The van der Waals surface area contributed by atoms with Crippen LogP contribution in [0.1, 0.15) is 18.4 Å². The van der Waals surface area contributed by atoms with Gasteiger partial charge in [0.15, 0.2) is 0 Å². The van der Waals surface area contributed by atoms with E-state index in [4.69, 9.17) is 15.2 Å². The lowest BCUT2D eigenvalue weighted by Crippen LogP contribution is -2.04. The van der Waals surface area contributed by atoms with Crippen LogP contribution in [0.3, 0.4) is 0 Å². The molecule has 2 aromatic heterocycles. The van der Waals surface area contributed by atoms with Crippen molar-refractivity contribution >= 4 is 22.8 Å². The second-order valence-corrected chi connectivity index (χ2v) is 7.14. The van der Waals surface area contributed by atoms with Crippen LogP contribution in [-0.2, 0) is 6.42 Å². The number of ether oxygens (including phenoxy) is 1. The third-order valence-electron chi connectivity index (χ3n) is 5.26. The molecule has 6 nitrogen and oxygen atoms in total. The van der Waals surface area contributed by atoms with Gasteiger partial charge in [-0.05, 0) is 61.2 Å². The van der Waals surface area contributed by atoms with Crippen LogP contribution in [0.15, 0.2) is 60.8 Å². The van der Waals surface area contributed by atoms with Crippen LogP contribution >= 0.6 is 0 Å². The van der Waals surface area contributed by atoms with Crippen molar-refractivity contribution in [3.63, 3.8) is 0 Å². The van der Waals surface area contributed by atoms with Gasteiger partial charge < -0.3 is 10.1 Å². The van der Waals surface area contributed by atoms with Crippen LogP contribution in [0.2, 0.25) is 0 Å². The molecular formula is C23H22N5O. The molecule has 0 spiro atoms. The molecule has 6 heteroatoms. The van der Waals surface area contributed by atoms with Crippen molar-refractivity contribution in [1.29, 1.82) is 0 Å². The van der Waals surface area contributed by atoms with E-state index in [1.807, 2.05) is 47.1 Å². The molecule has 29 heavy (non-hydrogen) atoms. The highest BCUT2D eigenvalue weighted by Gasteiger charge is 2.13. The maximum Gasteiger partial charge on any atom is 0.245 e. The molecule has 2 aromatic carbocycles. The van der Waals surface area contributed by atoms with Gasteiger partial charge in [0.2, 0.25) is 5.95 Å². The van der Waals surface area contributed by atoms with Gasteiger partial charge >= 0.3 is 0 Å². The molecule has 0 amide bonds. The topological polar surface area (TPSA) is 65.5 Å². The monoisotopic (exact) mass is 384 g/mol. The van der Waals surface area contributed by atoms with E-state index in [-0.39, 0.29) is 0 Å². The Morgan fingerprint density at radius 1 is 1.03 bits per heavy atom. The van der Waals surface area contributed by atoms with Gasteiger partial charge in [0.1, 0.15) is 5.75 Å². The summed E-state index contributed by atoms with van der Waals surface area (Å²) >= 11 is 0. The Morgan fingerprint density at radius 3 is 2.90 bits per heavy atom. The van der Waals surface area contributed by atoms with Crippen molar-refractivity contribution in [2.45, 2.75) is 19.3 Å². The fourth-order valence-electron chi connectivity index (χ4n) is 3.78. The molecule has 0 atom stereocenters. The number of anilines is 2. The van der Waals surface area contributed by atoms with Crippen LogP contribution in [0.4, 0.5) is 17.3 Å². The van der Waals surface area contributed by atoms with Crippen molar-refractivity contribution in [2.24, 2.45) is 0 Å². The molecule has 0 saturated carbocycles. The van der Waals surface area contributed by atoms with Gasteiger partial charge in [-0.15, -0.1) is 5.10 Å². The summed E-state index contributed by atoms with van der Waals surface area (Å²) in [5.74, 6) is 1.35. The number of hydrogen-bond acceptors (Lipinski definition) is 4. The highest BCUT2D eigenvalue weighted by Crippen LogP contribution is 2.31. The van der Waals surface area contributed by atoms with Crippen molar-refractivity contribution < 1.29 is 4.74 Å². The van der Waals surface area contributed by atoms with Gasteiger partial charge in [-0.1, -0.05) is 18.2 Å². The first-order chi connectivity index (χ1) is 14.3. The quantitative estimate of drug-likeness (QED) is 0.553. The number of nitrogens with zero attached hydrogens (tertiary/aromatic N) is 4. The number of para-hydroxylation sites is 1. The Labute approximate surface area is 169 Å². The minimum Gasteiger partial charge on any atom is -0.496 e. The normalized spacial score (nSPS) is 13.4. The minimum absolute atomic E-state index is 0.540. The zero-order valence-corrected chi connectivity index (χ0v) is 16.3. The van der Waals surface area contributed by atoms with E-state index in [0.29, 0.717) is 5.95 Å². The predicted molar refractivity (Wildman–Crippen MR) is 114 cm³/mol. The average Bonchev–Trinajstić information content (AvgIpc) is 3.03. The lowest BCUT2D eigenvalue weighted by Gasteiger charge is -2.11. The molecule has 3 heterocycles. The highest BCUT2D eigenvalue weighted by atomic mass is 16.5. The standard InChI is InChI=1S/C23H22N5O/c1-29-22-8-3-2-7-19(22)21-12-11-18-15-25-23(27-28(18)21)26-17-10-9-16-6-4-5-13-24-20(16)14-17/h2-3,7-12,14-15H,4-6,13H2,1H3,(H,26,27). The van der Waals surface area contributed by atoms with Gasteiger partial charge in [-0.25, -0.2) is 9.50 Å². The van der Waals surface area contributed by atoms with Crippen LogP contribution in [0, 0.1) is 0 Å². The summed E-state index contributed by atoms with van der Waals surface area (Å²) in [5, 5.41) is 12.8. The van der Waals surface area contributed by atoms with E-state index in [1.165, 1.54) is 12.0 Å². The summed E-state index contributed by atoms with van der Waals surface area (Å²) in [7, 11) is 1.68. The van der Waals surface area contributed by atoms with E-state index in [9.17, 15) is 0 Å². The molecule has 0 fully saturated rings. The summed E-state index contributed by atoms with van der Waals surface area (Å²) < 4.78 is 7.41. The first-order valence-corrected chi connectivity index (χ1v) is 9.87. The number of fused-ring (bicyclic) bond motifs is 2. The number of aromatic nitrogens is 3. The Morgan fingerprint density at radius 2 is 1.97 bits per heavy atom. The molecule has 1 radical (unpaired) electrons. The van der Waals surface area contributed by atoms with Gasteiger partial charge in [-0.2, -0.15) is 0 Å². The Hall–Kier alpha value is -3.54.